The number of nitrogens with one attached hydrogen (secondary N) is 1. The molecule has 3 N–H and O–H groups in total. The molecule has 0 amide bonds. The third-order valence-electron chi connectivity index (χ3n) is 4.39. The van der Waals surface area contributed by atoms with Crippen LogP contribution in [0.5, 0.6) is 0 Å². The van der Waals surface area contributed by atoms with Crippen LogP contribution in [0.4, 0.5) is 10.3 Å². The smallest absolute Gasteiger partial charge is 0.306 e. The molecular weight excluding hydrogens is 365 g/mol. The number of benzene rings is 1. The van der Waals surface area contributed by atoms with Crippen molar-refractivity contribution in [3.8, 4) is 22.6 Å². The molecular formula is C19H18FN5O3. The van der Waals surface area contributed by atoms with Crippen LogP contribution >= 0.6 is 0 Å². The van der Waals surface area contributed by atoms with Crippen molar-refractivity contribution in [3.05, 3.63) is 54.8 Å². The van der Waals surface area contributed by atoms with E-state index in [-0.39, 0.29) is 25.0 Å². The second-order valence-corrected chi connectivity index (χ2v) is 6.64. The molecule has 1 aromatic carbocycles. The molecule has 0 unspecified atom stereocenters. The summed E-state index contributed by atoms with van der Waals surface area (Å²) in [6.07, 6.45) is 4.79. The molecule has 144 valence electrons. The van der Waals surface area contributed by atoms with E-state index in [1.165, 1.54) is 18.4 Å². The first-order chi connectivity index (χ1) is 13.5. The molecule has 0 atom stereocenters. The zero-order chi connectivity index (χ0) is 19.7. The van der Waals surface area contributed by atoms with Crippen LogP contribution in [0.1, 0.15) is 6.92 Å². The van der Waals surface area contributed by atoms with E-state index < -0.39 is 5.54 Å². The van der Waals surface area contributed by atoms with Crippen LogP contribution in [-0.4, -0.2) is 48.3 Å². The maximum atomic E-state index is 13.3. The minimum absolute atomic E-state index is 0.242. The second kappa shape index (κ2) is 7.02. The van der Waals surface area contributed by atoms with Gasteiger partial charge >= 0.3 is 5.84 Å². The number of aromatic nitrogens is 4. The first-order valence-corrected chi connectivity index (χ1v) is 8.58. The van der Waals surface area contributed by atoms with E-state index in [0.29, 0.717) is 28.5 Å². The van der Waals surface area contributed by atoms with Crippen LogP contribution in [0, 0.1) is 5.82 Å². The summed E-state index contributed by atoms with van der Waals surface area (Å²) in [6.45, 7) is 1.06. The van der Waals surface area contributed by atoms with E-state index in [9.17, 15) is 14.6 Å². The number of fused-ring (bicyclic) bond motifs is 1. The van der Waals surface area contributed by atoms with Crippen molar-refractivity contribution in [2.45, 2.75) is 12.5 Å². The van der Waals surface area contributed by atoms with Crippen LogP contribution in [0.15, 0.2) is 53.4 Å². The molecule has 0 aliphatic heterocycles. The third-order valence-corrected chi connectivity index (χ3v) is 4.39. The van der Waals surface area contributed by atoms with Crippen LogP contribution in [0.25, 0.3) is 28.5 Å². The van der Waals surface area contributed by atoms with Crippen LogP contribution in [0.2, 0.25) is 0 Å². The highest BCUT2D eigenvalue weighted by Crippen LogP contribution is 2.32. The van der Waals surface area contributed by atoms with Crippen LogP contribution < -0.4 is 5.32 Å². The van der Waals surface area contributed by atoms with Crippen molar-refractivity contribution in [2.75, 3.05) is 18.5 Å². The number of imidazole rings is 1. The predicted molar refractivity (Wildman–Crippen MR) is 100 cm³/mol. The van der Waals surface area contributed by atoms with Crippen LogP contribution in [0.3, 0.4) is 0 Å². The number of aliphatic hydroxyl groups is 2. The molecule has 8 nitrogen and oxygen atoms in total. The highest BCUT2D eigenvalue weighted by molar-refractivity contribution is 5.79. The SMILES string of the molecule is CC(CO)(CO)Nc1nccc(-c2c(-c3ccc(F)cc3)nc3occn23)n1. The van der Waals surface area contributed by atoms with Gasteiger partial charge in [-0.05, 0) is 37.3 Å². The Labute approximate surface area is 159 Å². The minimum atomic E-state index is -0.971. The molecule has 3 aromatic heterocycles. The number of rotatable bonds is 6. The van der Waals surface area contributed by atoms with Crippen molar-refractivity contribution in [1.82, 2.24) is 19.4 Å². The summed E-state index contributed by atoms with van der Waals surface area (Å²) in [5.41, 5.74) is 1.51. The first-order valence-electron chi connectivity index (χ1n) is 8.58. The Morgan fingerprint density at radius 1 is 1.14 bits per heavy atom. The lowest BCUT2D eigenvalue weighted by molar-refractivity contribution is 0.147. The van der Waals surface area contributed by atoms with E-state index in [0.717, 1.165) is 0 Å². The summed E-state index contributed by atoms with van der Waals surface area (Å²) in [5.74, 6) is 0.276. The molecule has 0 spiro atoms. The molecule has 0 aliphatic carbocycles. The third kappa shape index (κ3) is 3.21. The Balaban J connectivity index is 1.83. The molecule has 9 heteroatoms. The second-order valence-electron chi connectivity index (χ2n) is 6.64. The zero-order valence-corrected chi connectivity index (χ0v) is 15.0. The minimum Gasteiger partial charge on any atom is -0.432 e. The summed E-state index contributed by atoms with van der Waals surface area (Å²) in [6, 6.07) is 7.71. The number of halogens is 1. The van der Waals surface area contributed by atoms with Gasteiger partial charge in [-0.1, -0.05) is 0 Å². The molecule has 0 bridgehead atoms. The van der Waals surface area contributed by atoms with Crippen molar-refractivity contribution >= 4 is 11.8 Å². The zero-order valence-electron chi connectivity index (χ0n) is 15.0. The number of hydrogen-bond acceptors (Lipinski definition) is 7. The summed E-state index contributed by atoms with van der Waals surface area (Å²) in [5, 5.41) is 21.9. The van der Waals surface area contributed by atoms with E-state index in [1.54, 1.807) is 41.9 Å². The molecule has 4 aromatic rings. The van der Waals surface area contributed by atoms with Gasteiger partial charge in [0, 0.05) is 18.0 Å². The lowest BCUT2D eigenvalue weighted by Crippen LogP contribution is -2.43. The average molecular weight is 383 g/mol. The van der Waals surface area contributed by atoms with Gasteiger partial charge in [0.15, 0.2) is 0 Å². The van der Waals surface area contributed by atoms with Gasteiger partial charge in [0.1, 0.15) is 23.5 Å². The molecule has 28 heavy (non-hydrogen) atoms. The molecule has 3 heterocycles. The average Bonchev–Trinajstić information content (AvgIpc) is 3.30. The summed E-state index contributed by atoms with van der Waals surface area (Å²) < 4.78 is 20.5. The number of hydrogen-bond donors (Lipinski definition) is 3. The van der Waals surface area contributed by atoms with E-state index in [2.05, 4.69) is 20.3 Å². The first kappa shape index (κ1) is 18.1. The Bertz CT molecular complexity index is 1100. The molecule has 0 saturated carbocycles. The Morgan fingerprint density at radius 3 is 2.61 bits per heavy atom. The number of nitrogens with zero attached hydrogens (tertiary/aromatic N) is 4. The van der Waals surface area contributed by atoms with Gasteiger partial charge in [-0.3, -0.25) is 4.40 Å². The van der Waals surface area contributed by atoms with Gasteiger partial charge in [-0.25, -0.2) is 14.4 Å². The number of oxazole rings is 1. The van der Waals surface area contributed by atoms with Crippen molar-refractivity contribution in [1.29, 1.82) is 0 Å². The monoisotopic (exact) mass is 383 g/mol. The highest BCUT2D eigenvalue weighted by Gasteiger charge is 2.24. The van der Waals surface area contributed by atoms with Crippen molar-refractivity contribution in [3.63, 3.8) is 0 Å². The standard InChI is InChI=1S/C19H18FN5O3/c1-19(10-26,11-27)24-17-21-7-6-14(22-17)16-15(12-2-4-13(20)5-3-12)23-18-25(16)8-9-28-18/h2-9,26-27H,10-11H2,1H3,(H,21,22,24). The summed E-state index contributed by atoms with van der Waals surface area (Å²) in [7, 11) is 0. The van der Waals surface area contributed by atoms with Gasteiger partial charge < -0.3 is 19.9 Å². The van der Waals surface area contributed by atoms with Gasteiger partial charge in [0.2, 0.25) is 5.95 Å². The van der Waals surface area contributed by atoms with Crippen molar-refractivity contribution in [2.24, 2.45) is 0 Å². The fourth-order valence-electron chi connectivity index (χ4n) is 2.79. The lowest BCUT2D eigenvalue weighted by atomic mass is 10.1. The Hall–Kier alpha value is -3.30. The molecule has 0 fully saturated rings. The van der Waals surface area contributed by atoms with Gasteiger partial charge in [0.25, 0.3) is 0 Å². The molecule has 0 radical (unpaired) electrons. The topological polar surface area (TPSA) is 109 Å². The van der Waals surface area contributed by atoms with Gasteiger partial charge in [0.05, 0.1) is 24.4 Å². The Morgan fingerprint density at radius 2 is 1.89 bits per heavy atom. The lowest BCUT2D eigenvalue weighted by Gasteiger charge is -2.26. The fraction of sp³-hybridized carbons (Fsp3) is 0.211. The Kier molecular flexibility index (Phi) is 4.54. The maximum absolute atomic E-state index is 13.3. The number of anilines is 1. The maximum Gasteiger partial charge on any atom is 0.306 e. The van der Waals surface area contributed by atoms with Gasteiger partial charge in [-0.15, -0.1) is 0 Å². The van der Waals surface area contributed by atoms with Crippen LogP contribution in [-0.2, 0) is 0 Å². The fourth-order valence-corrected chi connectivity index (χ4v) is 2.79. The molecule has 0 aliphatic rings. The summed E-state index contributed by atoms with van der Waals surface area (Å²) in [4.78, 5) is 13.2. The number of aliphatic hydroxyl groups excluding tert-OH is 2. The van der Waals surface area contributed by atoms with E-state index in [1.807, 2.05) is 0 Å². The summed E-state index contributed by atoms with van der Waals surface area (Å²) >= 11 is 0. The van der Waals surface area contributed by atoms with E-state index in [4.69, 9.17) is 4.42 Å². The van der Waals surface area contributed by atoms with Crippen molar-refractivity contribution < 1.29 is 19.0 Å². The normalized spacial score (nSPS) is 11.9. The predicted octanol–water partition coefficient (Wildman–Crippen LogP) is 2.35. The highest BCUT2D eigenvalue weighted by atomic mass is 19.1. The largest absolute Gasteiger partial charge is 0.432 e. The van der Waals surface area contributed by atoms with Gasteiger partial charge in [-0.2, -0.15) is 4.98 Å². The molecule has 4 rings (SSSR count). The quantitative estimate of drug-likeness (QED) is 0.469. The molecule has 0 saturated heterocycles. The van der Waals surface area contributed by atoms with E-state index >= 15 is 0 Å².